The Labute approximate surface area is 311 Å². The summed E-state index contributed by atoms with van der Waals surface area (Å²) in [7, 11) is 0. The van der Waals surface area contributed by atoms with Crippen LogP contribution in [0.5, 0.6) is 0 Å². The molecule has 12 heteroatoms. The lowest BCUT2D eigenvalue weighted by Crippen LogP contribution is -2.30. The standard InChI is InChI=1S/C39H27Cl2FN4O3S2/c40-27-16-19-31(32(41)21-27)34-23-50-39(45-34)46-38(49)35(25-8-3-1-4-9-25)51-30-13-7-12-29(22-30)43-37(48)33(20-24-14-17-28(42)18-15-24)44-36(47)26-10-5-2-6-11-26/h1-23,35H,(H,43,48)(H,44,47)(H,45,46,49)/b33-20-. The van der Waals surface area contributed by atoms with Crippen LogP contribution in [0.25, 0.3) is 17.3 Å². The van der Waals surface area contributed by atoms with Crippen molar-refractivity contribution in [3.63, 3.8) is 0 Å². The Kier molecular flexibility index (Phi) is 11.6. The molecule has 51 heavy (non-hydrogen) atoms. The van der Waals surface area contributed by atoms with Crippen molar-refractivity contribution in [3.05, 3.63) is 171 Å². The second kappa shape index (κ2) is 16.6. The molecule has 0 radical (unpaired) electrons. The number of thiazole rings is 1. The van der Waals surface area contributed by atoms with E-state index in [2.05, 4.69) is 20.9 Å². The first kappa shape index (κ1) is 35.6. The smallest absolute Gasteiger partial charge is 0.272 e. The van der Waals surface area contributed by atoms with Gasteiger partial charge in [0.1, 0.15) is 16.8 Å². The third kappa shape index (κ3) is 9.50. The Morgan fingerprint density at radius 3 is 2.25 bits per heavy atom. The van der Waals surface area contributed by atoms with Crippen LogP contribution in [-0.2, 0) is 9.59 Å². The van der Waals surface area contributed by atoms with E-state index < -0.39 is 22.9 Å². The molecule has 0 spiro atoms. The van der Waals surface area contributed by atoms with Gasteiger partial charge in [0.05, 0.1) is 10.7 Å². The minimum absolute atomic E-state index is 0.0437. The van der Waals surface area contributed by atoms with Crippen molar-refractivity contribution >= 4 is 80.9 Å². The van der Waals surface area contributed by atoms with E-state index in [-0.39, 0.29) is 11.6 Å². The maximum atomic E-state index is 13.8. The van der Waals surface area contributed by atoms with Gasteiger partial charge in [-0.25, -0.2) is 9.37 Å². The summed E-state index contributed by atoms with van der Waals surface area (Å²) in [5.41, 5.74) is 3.33. The molecule has 0 aliphatic heterocycles. The van der Waals surface area contributed by atoms with Crippen molar-refractivity contribution in [2.24, 2.45) is 0 Å². The lowest BCUT2D eigenvalue weighted by Gasteiger charge is -2.17. The van der Waals surface area contributed by atoms with Gasteiger partial charge in [0.15, 0.2) is 5.13 Å². The molecule has 7 nitrogen and oxygen atoms in total. The molecule has 0 saturated heterocycles. The van der Waals surface area contributed by atoms with E-state index in [0.717, 1.165) is 5.56 Å². The van der Waals surface area contributed by atoms with Crippen LogP contribution in [-0.4, -0.2) is 22.7 Å². The highest BCUT2D eigenvalue weighted by Crippen LogP contribution is 2.38. The zero-order valence-corrected chi connectivity index (χ0v) is 29.6. The van der Waals surface area contributed by atoms with Gasteiger partial charge < -0.3 is 16.0 Å². The number of rotatable bonds is 11. The topological polar surface area (TPSA) is 100 Å². The molecule has 3 N–H and O–H groups in total. The molecule has 3 amide bonds. The highest BCUT2D eigenvalue weighted by atomic mass is 35.5. The van der Waals surface area contributed by atoms with Gasteiger partial charge in [-0.3, -0.25) is 14.4 Å². The minimum atomic E-state index is -0.678. The number of hydrogen-bond donors (Lipinski definition) is 3. The second-order valence-electron chi connectivity index (χ2n) is 11.0. The van der Waals surface area contributed by atoms with Crippen LogP contribution in [0.4, 0.5) is 15.2 Å². The first-order chi connectivity index (χ1) is 24.7. The maximum absolute atomic E-state index is 13.8. The quantitative estimate of drug-likeness (QED) is 0.0904. The Balaban J connectivity index is 1.21. The Morgan fingerprint density at radius 1 is 0.804 bits per heavy atom. The van der Waals surface area contributed by atoms with Crippen molar-refractivity contribution in [2.75, 3.05) is 10.6 Å². The lowest BCUT2D eigenvalue weighted by molar-refractivity contribution is -0.116. The molecule has 0 saturated carbocycles. The highest BCUT2D eigenvalue weighted by molar-refractivity contribution is 8.00. The monoisotopic (exact) mass is 752 g/mol. The molecule has 6 rings (SSSR count). The van der Waals surface area contributed by atoms with Gasteiger partial charge in [-0.15, -0.1) is 23.1 Å². The summed E-state index contributed by atoms with van der Waals surface area (Å²) in [6.45, 7) is 0. The molecule has 1 atom stereocenters. The van der Waals surface area contributed by atoms with E-state index in [1.807, 2.05) is 41.8 Å². The number of halogens is 3. The number of nitrogens with zero attached hydrogens (tertiary/aromatic N) is 1. The summed E-state index contributed by atoms with van der Waals surface area (Å²) in [5.74, 6) is -1.80. The number of hydrogen-bond acceptors (Lipinski definition) is 6. The zero-order valence-electron chi connectivity index (χ0n) is 26.5. The predicted molar refractivity (Wildman–Crippen MR) is 205 cm³/mol. The summed E-state index contributed by atoms with van der Waals surface area (Å²) in [4.78, 5) is 45.7. The van der Waals surface area contributed by atoms with Crippen molar-refractivity contribution < 1.29 is 18.8 Å². The van der Waals surface area contributed by atoms with Gasteiger partial charge >= 0.3 is 0 Å². The third-order valence-electron chi connectivity index (χ3n) is 7.34. The molecular weight excluding hydrogens is 726 g/mol. The van der Waals surface area contributed by atoms with Crippen molar-refractivity contribution in [1.82, 2.24) is 10.3 Å². The van der Waals surface area contributed by atoms with E-state index >= 15 is 0 Å². The van der Waals surface area contributed by atoms with Gasteiger partial charge in [-0.2, -0.15) is 0 Å². The summed E-state index contributed by atoms with van der Waals surface area (Å²) in [6.07, 6.45) is 1.47. The maximum Gasteiger partial charge on any atom is 0.272 e. The molecule has 0 aliphatic carbocycles. The molecular formula is C39H27Cl2FN4O3S2. The van der Waals surface area contributed by atoms with Gasteiger partial charge in [-0.1, -0.05) is 89.9 Å². The molecule has 0 bridgehead atoms. The average Bonchev–Trinajstić information content (AvgIpc) is 3.59. The SMILES string of the molecule is O=C(Nc1cccc(SC(C(=O)Nc2nc(-c3ccc(Cl)cc3Cl)cs2)c2ccccc2)c1)/C(=C/c1ccc(F)cc1)NC(=O)c1ccccc1. The molecule has 0 fully saturated rings. The number of carbonyl (C=O) groups is 3. The fourth-order valence-electron chi connectivity index (χ4n) is 4.87. The molecule has 1 unspecified atom stereocenters. The van der Waals surface area contributed by atoms with Crippen LogP contribution in [0.15, 0.2) is 143 Å². The number of carbonyl (C=O) groups excluding carboxylic acids is 3. The van der Waals surface area contributed by atoms with Crippen molar-refractivity contribution in [2.45, 2.75) is 10.1 Å². The normalized spacial score (nSPS) is 11.8. The molecule has 5 aromatic carbocycles. The van der Waals surface area contributed by atoms with Gasteiger partial charge in [-0.05, 0) is 77.9 Å². The number of amides is 3. The highest BCUT2D eigenvalue weighted by Gasteiger charge is 2.24. The summed E-state index contributed by atoms with van der Waals surface area (Å²) in [6, 6.07) is 35.5. The third-order valence-corrected chi connectivity index (χ3v) is 9.89. The fourth-order valence-corrected chi connectivity index (χ4v) is 7.18. The Morgan fingerprint density at radius 2 is 1.53 bits per heavy atom. The van der Waals surface area contributed by atoms with Crippen LogP contribution in [0.3, 0.4) is 0 Å². The summed E-state index contributed by atoms with van der Waals surface area (Å²) in [5, 5.41) is 11.0. The van der Waals surface area contributed by atoms with E-state index in [4.69, 9.17) is 23.2 Å². The zero-order chi connectivity index (χ0) is 35.7. The molecule has 0 aliphatic rings. The van der Waals surface area contributed by atoms with Crippen molar-refractivity contribution in [1.29, 1.82) is 0 Å². The number of thioether (sulfide) groups is 1. The first-order valence-electron chi connectivity index (χ1n) is 15.4. The first-order valence-corrected chi connectivity index (χ1v) is 17.9. The number of nitrogens with one attached hydrogen (secondary N) is 3. The molecule has 6 aromatic rings. The van der Waals surface area contributed by atoms with Crippen LogP contribution in [0.1, 0.15) is 26.7 Å². The van der Waals surface area contributed by atoms with Crippen molar-refractivity contribution in [3.8, 4) is 11.3 Å². The minimum Gasteiger partial charge on any atom is -0.321 e. The summed E-state index contributed by atoms with van der Waals surface area (Å²) >= 11 is 15.0. The van der Waals surface area contributed by atoms with E-state index in [1.165, 1.54) is 53.4 Å². The van der Waals surface area contributed by atoms with Crippen LogP contribution in [0.2, 0.25) is 10.0 Å². The predicted octanol–water partition coefficient (Wildman–Crippen LogP) is 10.1. The van der Waals surface area contributed by atoms with E-state index in [0.29, 0.717) is 48.1 Å². The van der Waals surface area contributed by atoms with Crippen LogP contribution < -0.4 is 16.0 Å². The largest absolute Gasteiger partial charge is 0.321 e. The number of benzene rings is 5. The lowest BCUT2D eigenvalue weighted by atomic mass is 10.1. The van der Waals surface area contributed by atoms with Gasteiger partial charge in [0.2, 0.25) is 5.91 Å². The Bertz CT molecular complexity index is 2220. The van der Waals surface area contributed by atoms with Gasteiger partial charge in [0, 0.05) is 32.1 Å². The molecule has 1 heterocycles. The van der Waals surface area contributed by atoms with Gasteiger partial charge in [0.25, 0.3) is 11.8 Å². The number of anilines is 2. The summed E-state index contributed by atoms with van der Waals surface area (Å²) < 4.78 is 13.6. The average molecular weight is 754 g/mol. The fraction of sp³-hybridized carbons (Fsp3) is 0.0256. The second-order valence-corrected chi connectivity index (χ2v) is 13.9. The van der Waals surface area contributed by atoms with E-state index in [1.54, 1.807) is 66.7 Å². The molecule has 254 valence electrons. The Hall–Kier alpha value is -5.26. The van der Waals surface area contributed by atoms with Crippen LogP contribution in [0, 0.1) is 5.82 Å². The number of aromatic nitrogens is 1. The van der Waals surface area contributed by atoms with Crippen LogP contribution >= 0.6 is 46.3 Å². The van der Waals surface area contributed by atoms with E-state index in [9.17, 15) is 18.8 Å². The molecule has 1 aromatic heterocycles.